The summed E-state index contributed by atoms with van der Waals surface area (Å²) < 4.78 is 5.77. The first-order valence-corrected chi connectivity index (χ1v) is 7.46. The molecule has 2 aliphatic rings. The number of hydrogen-bond acceptors (Lipinski definition) is 3. The zero-order valence-electron chi connectivity index (χ0n) is 11.1. The Labute approximate surface area is 106 Å². The van der Waals surface area contributed by atoms with Crippen molar-refractivity contribution in [2.24, 2.45) is 5.92 Å². The van der Waals surface area contributed by atoms with Gasteiger partial charge in [-0.25, -0.2) is 0 Å². The fourth-order valence-electron chi connectivity index (χ4n) is 2.90. The summed E-state index contributed by atoms with van der Waals surface area (Å²) in [5, 5.41) is 3.46. The third kappa shape index (κ3) is 5.36. The Hall–Kier alpha value is -0.120. The zero-order valence-corrected chi connectivity index (χ0v) is 11.1. The van der Waals surface area contributed by atoms with Gasteiger partial charge in [0.2, 0.25) is 0 Å². The summed E-state index contributed by atoms with van der Waals surface area (Å²) >= 11 is 0. The van der Waals surface area contributed by atoms with E-state index in [-0.39, 0.29) is 0 Å². The predicted octanol–water partition coefficient (Wildman–Crippen LogP) is 1.88. The highest BCUT2D eigenvalue weighted by atomic mass is 16.5. The molecule has 1 unspecified atom stereocenters. The first-order valence-electron chi connectivity index (χ1n) is 7.46. The minimum Gasteiger partial charge on any atom is -0.380 e. The molecule has 2 saturated heterocycles. The quantitative estimate of drug-likeness (QED) is 0.717. The van der Waals surface area contributed by atoms with Gasteiger partial charge in [-0.2, -0.15) is 0 Å². The predicted molar refractivity (Wildman–Crippen MR) is 71.3 cm³/mol. The lowest BCUT2D eigenvalue weighted by Crippen LogP contribution is -2.33. The molecule has 3 heteroatoms. The van der Waals surface area contributed by atoms with Gasteiger partial charge < -0.3 is 15.0 Å². The summed E-state index contributed by atoms with van der Waals surface area (Å²) in [5.74, 6) is 0.860. The molecule has 1 atom stereocenters. The Kier molecular flexibility index (Phi) is 6.32. The van der Waals surface area contributed by atoms with Crippen molar-refractivity contribution >= 4 is 0 Å². The second kappa shape index (κ2) is 8.06. The smallest absolute Gasteiger partial charge is 0.0593 e. The zero-order chi connectivity index (χ0) is 11.8. The fourth-order valence-corrected chi connectivity index (χ4v) is 2.90. The highest BCUT2D eigenvalue weighted by Crippen LogP contribution is 2.13. The number of hydrogen-bond donors (Lipinski definition) is 1. The maximum Gasteiger partial charge on any atom is 0.0593 e. The van der Waals surface area contributed by atoms with Crippen molar-refractivity contribution in [1.29, 1.82) is 0 Å². The lowest BCUT2D eigenvalue weighted by Gasteiger charge is -2.26. The summed E-state index contributed by atoms with van der Waals surface area (Å²) in [7, 11) is 0. The lowest BCUT2D eigenvalue weighted by atomic mass is 9.97. The fraction of sp³-hybridized carbons (Fsp3) is 1.00. The molecule has 3 nitrogen and oxygen atoms in total. The molecule has 0 bridgehead atoms. The highest BCUT2D eigenvalue weighted by molar-refractivity contribution is 4.68. The van der Waals surface area contributed by atoms with Crippen molar-refractivity contribution in [2.45, 2.75) is 38.5 Å². The maximum atomic E-state index is 5.77. The molecule has 0 radical (unpaired) electrons. The standard InChI is InChI=1S/C14H28N2O/c1-2-8-16(9-3-1)10-12-17-11-6-14-5-4-7-15-13-14/h14-15H,1-13H2. The van der Waals surface area contributed by atoms with Crippen LogP contribution in [0.4, 0.5) is 0 Å². The number of rotatable bonds is 6. The normalized spacial score (nSPS) is 27.2. The second-order valence-corrected chi connectivity index (χ2v) is 5.52. The van der Waals surface area contributed by atoms with Crippen molar-refractivity contribution in [3.63, 3.8) is 0 Å². The van der Waals surface area contributed by atoms with E-state index in [2.05, 4.69) is 10.2 Å². The number of ether oxygens (including phenoxy) is 1. The molecule has 0 aromatic rings. The SMILES string of the molecule is C1CCN(CCOCCC2CCCNC2)CC1. The van der Waals surface area contributed by atoms with Crippen LogP contribution in [0.3, 0.4) is 0 Å². The molecule has 2 heterocycles. The average Bonchev–Trinajstić information content (AvgIpc) is 2.41. The van der Waals surface area contributed by atoms with Gasteiger partial charge in [-0.1, -0.05) is 6.42 Å². The third-order valence-electron chi connectivity index (χ3n) is 4.07. The van der Waals surface area contributed by atoms with E-state index in [9.17, 15) is 0 Å². The van der Waals surface area contributed by atoms with Gasteiger partial charge in [-0.05, 0) is 64.2 Å². The van der Waals surface area contributed by atoms with Gasteiger partial charge in [0, 0.05) is 13.2 Å². The van der Waals surface area contributed by atoms with Crippen LogP contribution >= 0.6 is 0 Å². The van der Waals surface area contributed by atoms with Crippen molar-refractivity contribution in [1.82, 2.24) is 10.2 Å². The van der Waals surface area contributed by atoms with Crippen LogP contribution in [0.25, 0.3) is 0 Å². The molecule has 0 amide bonds. The van der Waals surface area contributed by atoms with E-state index < -0.39 is 0 Å². The van der Waals surface area contributed by atoms with Crippen molar-refractivity contribution in [3.8, 4) is 0 Å². The molecule has 2 aliphatic heterocycles. The lowest BCUT2D eigenvalue weighted by molar-refractivity contribution is 0.0852. The molecule has 2 fully saturated rings. The highest BCUT2D eigenvalue weighted by Gasteiger charge is 2.12. The number of nitrogens with one attached hydrogen (secondary N) is 1. The molecule has 0 saturated carbocycles. The summed E-state index contributed by atoms with van der Waals surface area (Å²) in [5.41, 5.74) is 0. The number of nitrogens with zero attached hydrogens (tertiary/aromatic N) is 1. The first-order chi connectivity index (χ1) is 8.45. The summed E-state index contributed by atoms with van der Waals surface area (Å²) in [6.45, 7) is 8.02. The minimum absolute atomic E-state index is 0.860. The monoisotopic (exact) mass is 240 g/mol. The van der Waals surface area contributed by atoms with Gasteiger partial charge >= 0.3 is 0 Å². The molecule has 100 valence electrons. The van der Waals surface area contributed by atoms with Gasteiger partial charge in [0.25, 0.3) is 0 Å². The van der Waals surface area contributed by atoms with Gasteiger partial charge in [0.05, 0.1) is 6.61 Å². The Morgan fingerprint density at radius 1 is 1.06 bits per heavy atom. The van der Waals surface area contributed by atoms with Crippen molar-refractivity contribution < 1.29 is 4.74 Å². The third-order valence-corrected chi connectivity index (χ3v) is 4.07. The molecule has 0 aromatic carbocycles. The van der Waals surface area contributed by atoms with Crippen LogP contribution in [0.5, 0.6) is 0 Å². The van der Waals surface area contributed by atoms with Gasteiger partial charge in [-0.3, -0.25) is 0 Å². The van der Waals surface area contributed by atoms with Crippen LogP contribution in [0.15, 0.2) is 0 Å². The molecule has 2 rings (SSSR count). The van der Waals surface area contributed by atoms with E-state index in [4.69, 9.17) is 4.74 Å². The van der Waals surface area contributed by atoms with E-state index in [0.717, 1.165) is 25.7 Å². The van der Waals surface area contributed by atoms with Crippen LogP contribution in [-0.4, -0.2) is 50.8 Å². The van der Waals surface area contributed by atoms with E-state index >= 15 is 0 Å². The van der Waals surface area contributed by atoms with Gasteiger partial charge in [0.1, 0.15) is 0 Å². The van der Waals surface area contributed by atoms with Crippen LogP contribution in [0, 0.1) is 5.92 Å². The van der Waals surface area contributed by atoms with E-state index in [1.807, 2.05) is 0 Å². The molecule has 0 aromatic heterocycles. The van der Waals surface area contributed by atoms with Crippen molar-refractivity contribution in [2.75, 3.05) is 45.9 Å². The Balaban J connectivity index is 1.42. The average molecular weight is 240 g/mol. The van der Waals surface area contributed by atoms with E-state index in [0.29, 0.717) is 0 Å². The van der Waals surface area contributed by atoms with Crippen LogP contribution in [-0.2, 0) is 4.74 Å². The topological polar surface area (TPSA) is 24.5 Å². The van der Waals surface area contributed by atoms with E-state index in [1.54, 1.807) is 0 Å². The van der Waals surface area contributed by atoms with Crippen LogP contribution < -0.4 is 5.32 Å². The molecule has 1 N–H and O–H groups in total. The molecule has 17 heavy (non-hydrogen) atoms. The van der Waals surface area contributed by atoms with E-state index in [1.165, 1.54) is 64.7 Å². The Morgan fingerprint density at radius 2 is 1.94 bits per heavy atom. The number of likely N-dealkylation sites (tertiary alicyclic amines) is 1. The molecule has 0 spiro atoms. The molecular weight excluding hydrogens is 212 g/mol. The minimum atomic E-state index is 0.860. The van der Waals surface area contributed by atoms with Crippen molar-refractivity contribution in [3.05, 3.63) is 0 Å². The maximum absolute atomic E-state index is 5.77. The Bertz CT molecular complexity index is 167. The van der Waals surface area contributed by atoms with Gasteiger partial charge in [0.15, 0.2) is 0 Å². The first kappa shape index (κ1) is 13.3. The summed E-state index contributed by atoms with van der Waals surface area (Å²) in [6, 6.07) is 0. The second-order valence-electron chi connectivity index (χ2n) is 5.52. The summed E-state index contributed by atoms with van der Waals surface area (Å²) in [6.07, 6.45) is 8.17. The Morgan fingerprint density at radius 3 is 2.71 bits per heavy atom. The largest absolute Gasteiger partial charge is 0.380 e. The molecular formula is C14H28N2O. The van der Waals surface area contributed by atoms with Crippen LogP contribution in [0.1, 0.15) is 38.5 Å². The van der Waals surface area contributed by atoms with Crippen LogP contribution in [0.2, 0.25) is 0 Å². The number of piperidine rings is 2. The molecule has 0 aliphatic carbocycles. The summed E-state index contributed by atoms with van der Waals surface area (Å²) in [4.78, 5) is 2.55. The van der Waals surface area contributed by atoms with Gasteiger partial charge in [-0.15, -0.1) is 0 Å².